The zero-order valence-electron chi connectivity index (χ0n) is 12.1. The van der Waals surface area contributed by atoms with Crippen LogP contribution in [0.3, 0.4) is 0 Å². The lowest BCUT2D eigenvalue weighted by Crippen LogP contribution is -2.37. The van der Waals surface area contributed by atoms with Crippen molar-refractivity contribution in [3.05, 3.63) is 12.2 Å². The van der Waals surface area contributed by atoms with Gasteiger partial charge >= 0.3 is 0 Å². The number of ether oxygens (including phenoxy) is 1. The van der Waals surface area contributed by atoms with Gasteiger partial charge in [-0.1, -0.05) is 6.92 Å². The van der Waals surface area contributed by atoms with Gasteiger partial charge in [0.15, 0.2) is 0 Å². The van der Waals surface area contributed by atoms with E-state index in [2.05, 4.69) is 22.3 Å². The topological polar surface area (TPSA) is 52.0 Å². The highest BCUT2D eigenvalue weighted by Gasteiger charge is 2.20. The molecule has 108 valence electrons. The molecule has 1 aromatic rings. The van der Waals surface area contributed by atoms with Crippen LogP contribution in [0.5, 0.6) is 0 Å². The molecule has 1 N–H and O–H groups in total. The summed E-state index contributed by atoms with van der Waals surface area (Å²) in [5.41, 5.74) is 0. The van der Waals surface area contributed by atoms with Gasteiger partial charge in [0.25, 0.3) is 0 Å². The summed E-state index contributed by atoms with van der Waals surface area (Å²) in [6.45, 7) is 4.17. The number of aryl methyl sites for hydroxylation is 1. The van der Waals surface area contributed by atoms with E-state index in [0.29, 0.717) is 12.1 Å². The summed E-state index contributed by atoms with van der Waals surface area (Å²) in [6, 6.07) is 0.436. The van der Waals surface area contributed by atoms with Crippen LogP contribution in [0.1, 0.15) is 44.9 Å². The van der Waals surface area contributed by atoms with Crippen LogP contribution in [0.25, 0.3) is 0 Å². The SMILES string of the molecule is CCCNC(Cc1ncnn1C)CC1CCCCO1. The Balaban J connectivity index is 1.88. The smallest absolute Gasteiger partial charge is 0.138 e. The van der Waals surface area contributed by atoms with Gasteiger partial charge in [-0.3, -0.25) is 4.68 Å². The lowest BCUT2D eigenvalue weighted by atomic mass is 9.99. The minimum Gasteiger partial charge on any atom is -0.378 e. The molecule has 19 heavy (non-hydrogen) atoms. The first-order valence-corrected chi connectivity index (χ1v) is 7.47. The number of aromatic nitrogens is 3. The monoisotopic (exact) mass is 266 g/mol. The largest absolute Gasteiger partial charge is 0.378 e. The molecule has 1 fully saturated rings. The van der Waals surface area contributed by atoms with Gasteiger partial charge in [-0.05, 0) is 38.6 Å². The molecule has 0 amide bonds. The van der Waals surface area contributed by atoms with Gasteiger partial charge < -0.3 is 10.1 Å². The normalized spacial score (nSPS) is 21.5. The Morgan fingerprint density at radius 1 is 1.53 bits per heavy atom. The molecule has 1 saturated heterocycles. The van der Waals surface area contributed by atoms with Crippen molar-refractivity contribution in [2.75, 3.05) is 13.2 Å². The van der Waals surface area contributed by atoms with Crippen molar-refractivity contribution in [3.63, 3.8) is 0 Å². The summed E-state index contributed by atoms with van der Waals surface area (Å²) in [7, 11) is 1.95. The molecular weight excluding hydrogens is 240 g/mol. The van der Waals surface area contributed by atoms with E-state index in [4.69, 9.17) is 4.74 Å². The number of nitrogens with zero attached hydrogens (tertiary/aromatic N) is 3. The highest BCUT2D eigenvalue weighted by atomic mass is 16.5. The predicted octanol–water partition coefficient (Wildman–Crippen LogP) is 1.68. The zero-order chi connectivity index (χ0) is 13.5. The fourth-order valence-electron chi connectivity index (χ4n) is 2.62. The van der Waals surface area contributed by atoms with Crippen molar-refractivity contribution >= 4 is 0 Å². The van der Waals surface area contributed by atoms with Crippen LogP contribution in [0.2, 0.25) is 0 Å². The van der Waals surface area contributed by atoms with E-state index in [-0.39, 0.29) is 0 Å². The van der Waals surface area contributed by atoms with Crippen LogP contribution in [0.4, 0.5) is 0 Å². The molecule has 1 aromatic heterocycles. The minimum absolute atomic E-state index is 0.413. The van der Waals surface area contributed by atoms with E-state index in [9.17, 15) is 0 Å². The number of hydrogen-bond donors (Lipinski definition) is 1. The quantitative estimate of drug-likeness (QED) is 0.816. The fraction of sp³-hybridized carbons (Fsp3) is 0.857. The van der Waals surface area contributed by atoms with Crippen LogP contribution >= 0.6 is 0 Å². The summed E-state index contributed by atoms with van der Waals surface area (Å²) in [4.78, 5) is 4.33. The van der Waals surface area contributed by atoms with Crippen molar-refractivity contribution < 1.29 is 4.74 Å². The number of rotatable bonds is 7. The van der Waals surface area contributed by atoms with Crippen LogP contribution in [-0.2, 0) is 18.2 Å². The molecule has 2 heterocycles. The third kappa shape index (κ3) is 4.58. The van der Waals surface area contributed by atoms with Gasteiger partial charge in [0.1, 0.15) is 12.2 Å². The molecule has 2 rings (SSSR count). The molecular formula is C14H26N4O. The maximum atomic E-state index is 5.85. The molecule has 0 spiro atoms. The molecule has 0 radical (unpaired) electrons. The van der Waals surface area contributed by atoms with Crippen LogP contribution in [-0.4, -0.2) is 40.1 Å². The Bertz CT molecular complexity index is 360. The average Bonchev–Trinajstić information content (AvgIpc) is 2.83. The summed E-state index contributed by atoms with van der Waals surface area (Å²) >= 11 is 0. The zero-order valence-corrected chi connectivity index (χ0v) is 12.1. The van der Waals surface area contributed by atoms with E-state index in [0.717, 1.165) is 38.2 Å². The maximum absolute atomic E-state index is 5.85. The number of nitrogens with one attached hydrogen (secondary N) is 1. The van der Waals surface area contributed by atoms with Gasteiger partial charge in [0, 0.05) is 26.1 Å². The van der Waals surface area contributed by atoms with Crippen molar-refractivity contribution in [1.29, 1.82) is 0 Å². The first kappa shape index (κ1) is 14.5. The lowest BCUT2D eigenvalue weighted by Gasteiger charge is -2.27. The average molecular weight is 266 g/mol. The molecule has 2 atom stereocenters. The second-order valence-electron chi connectivity index (χ2n) is 5.38. The molecule has 0 aliphatic carbocycles. The second-order valence-corrected chi connectivity index (χ2v) is 5.38. The van der Waals surface area contributed by atoms with E-state index in [1.165, 1.54) is 19.3 Å². The van der Waals surface area contributed by atoms with E-state index >= 15 is 0 Å². The molecule has 5 nitrogen and oxygen atoms in total. The van der Waals surface area contributed by atoms with Gasteiger partial charge in [-0.2, -0.15) is 5.10 Å². The van der Waals surface area contributed by atoms with E-state index in [1.807, 2.05) is 11.7 Å². The molecule has 0 aromatic carbocycles. The van der Waals surface area contributed by atoms with Crippen LogP contribution in [0.15, 0.2) is 6.33 Å². The Morgan fingerprint density at radius 2 is 2.42 bits per heavy atom. The van der Waals surface area contributed by atoms with Crippen molar-refractivity contribution in [3.8, 4) is 0 Å². The predicted molar refractivity (Wildman–Crippen MR) is 75.0 cm³/mol. The third-order valence-electron chi connectivity index (χ3n) is 3.74. The Morgan fingerprint density at radius 3 is 3.05 bits per heavy atom. The standard InChI is InChI=1S/C14H26N4O/c1-3-7-15-12(9-13-6-4-5-8-19-13)10-14-16-11-17-18(14)2/h11-13,15H,3-10H2,1-2H3. The molecule has 0 saturated carbocycles. The molecule has 2 unspecified atom stereocenters. The molecule has 1 aliphatic heterocycles. The van der Waals surface area contributed by atoms with Gasteiger partial charge in [-0.25, -0.2) is 4.98 Å². The van der Waals surface area contributed by atoms with Crippen LogP contribution in [0, 0.1) is 0 Å². The highest BCUT2D eigenvalue weighted by Crippen LogP contribution is 2.18. The van der Waals surface area contributed by atoms with Crippen molar-refractivity contribution in [1.82, 2.24) is 20.1 Å². The third-order valence-corrected chi connectivity index (χ3v) is 3.74. The summed E-state index contributed by atoms with van der Waals surface area (Å²) in [6.07, 6.45) is 8.91. The fourth-order valence-corrected chi connectivity index (χ4v) is 2.62. The Hall–Kier alpha value is -0.940. The van der Waals surface area contributed by atoms with E-state index < -0.39 is 0 Å². The minimum atomic E-state index is 0.413. The highest BCUT2D eigenvalue weighted by molar-refractivity contribution is 4.90. The number of hydrogen-bond acceptors (Lipinski definition) is 4. The molecule has 5 heteroatoms. The summed E-state index contributed by atoms with van der Waals surface area (Å²) < 4.78 is 7.72. The van der Waals surface area contributed by atoms with Gasteiger partial charge in [0.2, 0.25) is 0 Å². The molecule has 1 aliphatic rings. The maximum Gasteiger partial charge on any atom is 0.138 e. The molecule has 0 bridgehead atoms. The van der Waals surface area contributed by atoms with E-state index in [1.54, 1.807) is 6.33 Å². The first-order valence-electron chi connectivity index (χ1n) is 7.47. The Labute approximate surface area is 115 Å². The van der Waals surface area contributed by atoms with Crippen LogP contribution < -0.4 is 5.32 Å². The lowest BCUT2D eigenvalue weighted by molar-refractivity contribution is 0.00511. The van der Waals surface area contributed by atoms with Crippen molar-refractivity contribution in [2.24, 2.45) is 7.05 Å². The second kappa shape index (κ2) is 7.60. The summed E-state index contributed by atoms with van der Waals surface area (Å²) in [5, 5.41) is 7.76. The van der Waals surface area contributed by atoms with Crippen molar-refractivity contribution in [2.45, 2.75) is 57.6 Å². The first-order chi connectivity index (χ1) is 9.29. The Kier molecular flexibility index (Phi) is 5.79. The van der Waals surface area contributed by atoms with Gasteiger partial charge in [-0.15, -0.1) is 0 Å². The summed E-state index contributed by atoms with van der Waals surface area (Å²) in [5.74, 6) is 1.05. The van der Waals surface area contributed by atoms with Gasteiger partial charge in [0.05, 0.1) is 6.10 Å².